The minimum Gasteiger partial charge on any atom is -0.507 e. The van der Waals surface area contributed by atoms with E-state index < -0.39 is 98.2 Å². The summed E-state index contributed by atoms with van der Waals surface area (Å²) >= 11 is 0. The zero-order valence-electron chi connectivity index (χ0n) is 56.0. The van der Waals surface area contributed by atoms with Gasteiger partial charge in [0.25, 0.3) is 0 Å². The number of pyridine rings is 1. The number of hydrogen-bond donors (Lipinski definition) is 1. The molecule has 5 heteroatoms. The summed E-state index contributed by atoms with van der Waals surface area (Å²) in [5, 5.41) is 11.9. The van der Waals surface area contributed by atoms with E-state index in [1.165, 1.54) is 36.5 Å². The second-order valence-electron chi connectivity index (χ2n) is 16.1. The molecule has 0 aliphatic heterocycles. The number of rotatable bonds is 6. The number of imidazole rings is 1. The first-order valence-corrected chi connectivity index (χ1v) is 19.2. The largest absolute Gasteiger partial charge is 0.507 e. The summed E-state index contributed by atoms with van der Waals surface area (Å²) in [6.45, 7) is -12.9. The number of phenolic OH excluding ortho intramolecular Hbond substituents is 1. The first-order chi connectivity index (χ1) is 37.5. The molecule has 0 spiro atoms. The van der Waals surface area contributed by atoms with Crippen molar-refractivity contribution in [3.05, 3.63) is 167 Å². The molecule has 0 radical (unpaired) electrons. The fourth-order valence-corrected chi connectivity index (χ4v) is 7.35. The van der Waals surface area contributed by atoms with Crippen LogP contribution in [0.2, 0.25) is 0 Å². The third-order valence-corrected chi connectivity index (χ3v) is 10.5. The molecular formula is C56H56N3OPt-. The van der Waals surface area contributed by atoms with E-state index in [9.17, 15) is 5.11 Å². The van der Waals surface area contributed by atoms with Gasteiger partial charge < -0.3 is 5.11 Å². The summed E-state index contributed by atoms with van der Waals surface area (Å²) in [6, 6.07) is 27.2. The van der Waals surface area contributed by atoms with Gasteiger partial charge in [0, 0.05) is 63.2 Å². The molecule has 0 amide bonds. The van der Waals surface area contributed by atoms with Crippen LogP contribution in [-0.4, -0.2) is 19.6 Å². The second-order valence-corrected chi connectivity index (χ2v) is 16.1. The van der Waals surface area contributed by atoms with Crippen molar-refractivity contribution in [3.8, 4) is 67.5 Å². The Morgan fingerprint density at radius 1 is 0.623 bits per heavy atom. The molecule has 0 saturated heterocycles. The number of fused-ring (bicyclic) bond motifs is 1. The van der Waals surface area contributed by atoms with Crippen molar-refractivity contribution < 1.29 is 56.3 Å². The van der Waals surface area contributed by atoms with E-state index in [1.54, 1.807) is 72.2 Å². The van der Waals surface area contributed by atoms with Crippen LogP contribution in [0.5, 0.6) is 5.75 Å². The van der Waals surface area contributed by atoms with Gasteiger partial charge in [0.1, 0.15) is 11.6 Å². The predicted molar refractivity (Wildman–Crippen MR) is 252 cm³/mol. The van der Waals surface area contributed by atoms with Gasteiger partial charge in [0.05, 0.1) is 27.8 Å². The fraction of sp³-hybridized carbons (Fsp3) is 0.250. The molecule has 4 nitrogen and oxygen atoms in total. The van der Waals surface area contributed by atoms with Gasteiger partial charge >= 0.3 is 0 Å². The monoisotopic (exact) mass is 1000 g/mol. The van der Waals surface area contributed by atoms with Crippen LogP contribution in [0.3, 0.4) is 0 Å². The van der Waals surface area contributed by atoms with Gasteiger partial charge in [0.2, 0.25) is 0 Å². The van der Waals surface area contributed by atoms with Crippen molar-refractivity contribution >= 4 is 11.0 Å². The van der Waals surface area contributed by atoms with Crippen LogP contribution < -0.4 is 0 Å². The molecule has 0 bridgehead atoms. The van der Waals surface area contributed by atoms with Gasteiger partial charge in [0.15, 0.2) is 0 Å². The van der Waals surface area contributed by atoms with Crippen LogP contribution in [0.4, 0.5) is 0 Å². The van der Waals surface area contributed by atoms with Crippen LogP contribution in [0.25, 0.3) is 72.7 Å². The molecule has 1 N–H and O–H groups in total. The first kappa shape index (κ1) is 23.6. The Labute approximate surface area is 408 Å². The van der Waals surface area contributed by atoms with Crippen LogP contribution >= 0.6 is 0 Å². The Morgan fingerprint density at radius 2 is 1.33 bits per heavy atom. The van der Waals surface area contributed by atoms with Gasteiger partial charge in [-0.15, -0.1) is 29.3 Å². The second kappa shape index (κ2) is 16.4. The van der Waals surface area contributed by atoms with Gasteiger partial charge in [-0.05, 0) is 99.4 Å². The molecule has 0 fully saturated rings. The number of phenols is 1. The van der Waals surface area contributed by atoms with Crippen LogP contribution in [0.15, 0.2) is 133 Å². The van der Waals surface area contributed by atoms with Gasteiger partial charge in [-0.25, -0.2) is 4.98 Å². The summed E-state index contributed by atoms with van der Waals surface area (Å²) in [5.41, 5.74) is -4.34. The summed E-state index contributed by atoms with van der Waals surface area (Å²) < 4.78 is 189. The summed E-state index contributed by atoms with van der Waals surface area (Å²) in [5.74, 6) is 0.0663. The van der Waals surface area contributed by atoms with Crippen molar-refractivity contribution in [1.29, 1.82) is 0 Å². The maximum atomic E-state index is 11.9. The summed E-state index contributed by atoms with van der Waals surface area (Å²) in [6.07, 6.45) is 1.33. The molecule has 0 unspecified atom stereocenters. The molecule has 8 aromatic rings. The maximum Gasteiger partial charge on any atom is 0.148 e. The van der Waals surface area contributed by atoms with E-state index in [1.807, 2.05) is 39.8 Å². The van der Waals surface area contributed by atoms with E-state index in [0.717, 1.165) is 11.1 Å². The van der Waals surface area contributed by atoms with E-state index in [4.69, 9.17) is 35.1 Å². The molecule has 61 heavy (non-hydrogen) atoms. The Morgan fingerprint density at radius 3 is 2.03 bits per heavy atom. The van der Waals surface area contributed by atoms with Crippen molar-refractivity contribution in [1.82, 2.24) is 14.5 Å². The fourth-order valence-electron chi connectivity index (χ4n) is 7.35. The van der Waals surface area contributed by atoms with Gasteiger partial charge in [-0.1, -0.05) is 158 Å². The third kappa shape index (κ3) is 8.66. The minimum atomic E-state index is -3.87. The van der Waals surface area contributed by atoms with Crippen LogP contribution in [0.1, 0.15) is 120 Å². The number of aromatic nitrogens is 3. The topological polar surface area (TPSA) is 50.9 Å². The number of benzene rings is 6. The Kier molecular flexibility index (Phi) is 6.33. The number of aryl methyl sites for hydroxylation is 2. The van der Waals surface area contributed by atoms with E-state index in [2.05, 4.69) is 11.1 Å². The van der Waals surface area contributed by atoms with Crippen molar-refractivity contribution in [2.24, 2.45) is 0 Å². The molecule has 0 aliphatic carbocycles. The zero-order valence-corrected chi connectivity index (χ0v) is 36.3. The standard InChI is InChI=1S/C56H56N3O.Pt/c1-35-28-36(2)52(60)47(29-35)53-58-51-45(18-15-19-50(51)59(53)49-25-24-43(55(6,7)8)34-46(49)38-16-13-12-14-17-38)40-30-41(32-44(31-40)56(9,10)11)48-33-39(26-27-57-48)37-20-22-42(23-21-37)54(3,4)5;/h12-29,31-34,60H,1-11H3;/q-1;/i3D3,4D3,5D3,6D3,7D3,8D3,20D,21D,22D,23D;. The van der Waals surface area contributed by atoms with Gasteiger partial charge in [-0.3, -0.25) is 9.55 Å². The van der Waals surface area contributed by atoms with Crippen LogP contribution in [0, 0.1) is 19.9 Å². The Balaban J connectivity index is 0.00000990. The molecule has 312 valence electrons. The maximum absolute atomic E-state index is 11.9. The van der Waals surface area contributed by atoms with E-state index in [0.29, 0.717) is 44.5 Å². The smallest absolute Gasteiger partial charge is 0.148 e. The van der Waals surface area contributed by atoms with Crippen molar-refractivity contribution in [2.75, 3.05) is 0 Å². The average Bonchev–Trinajstić information content (AvgIpc) is 1.15. The molecule has 0 saturated carbocycles. The number of aromatic hydroxyl groups is 1. The van der Waals surface area contributed by atoms with E-state index in [-0.39, 0.29) is 55.0 Å². The third-order valence-electron chi connectivity index (χ3n) is 10.5. The Bertz CT molecular complexity index is 3710. The number of para-hydroxylation sites is 1. The minimum absolute atomic E-state index is 0. The summed E-state index contributed by atoms with van der Waals surface area (Å²) in [7, 11) is 0. The molecule has 2 heterocycles. The van der Waals surface area contributed by atoms with Gasteiger partial charge in [-0.2, -0.15) is 0 Å². The number of hydrogen-bond acceptors (Lipinski definition) is 3. The molecular weight excluding hydrogens is 926 g/mol. The molecule has 6 aromatic carbocycles. The molecule has 0 atom stereocenters. The predicted octanol–water partition coefficient (Wildman–Crippen LogP) is 14.8. The first-order valence-electron chi connectivity index (χ1n) is 30.2. The molecule has 8 rings (SSSR count). The molecule has 2 aromatic heterocycles. The SMILES string of the molecule is [2H]c1c([2H])c(C(C([2H])([2H])[2H])(C([2H])([2H])[2H])C([2H])([2H])[2H])c([2H])c([2H])c1-c1ccnc(-c2[c-]c(-c3cccc4c3nc(-c3cc(C)cc(C)c3O)n4-c3ccc(C(C([2H])([2H])[2H])(C([2H])([2H])[2H])C([2H])([2H])[2H])cc3-c3ccccc3)cc(C(C)(C)C)c2)c1.[Pt]. The molecule has 0 aliphatic rings. The zero-order chi connectivity index (χ0) is 61.2. The van der Waals surface area contributed by atoms with E-state index >= 15 is 0 Å². The van der Waals surface area contributed by atoms with Crippen LogP contribution in [-0.2, 0) is 37.3 Å². The summed E-state index contributed by atoms with van der Waals surface area (Å²) in [4.78, 5) is 9.89. The Hall–Kier alpha value is -5.57. The normalized spacial score (nSPS) is 18.6. The quantitative estimate of drug-likeness (QED) is 0.169. The van der Waals surface area contributed by atoms with Crippen molar-refractivity contribution in [2.45, 2.75) is 92.0 Å². The number of nitrogens with zero attached hydrogens (tertiary/aromatic N) is 3. The van der Waals surface area contributed by atoms with Crippen molar-refractivity contribution in [3.63, 3.8) is 0 Å². The average molecular weight is 1000 g/mol.